The third-order valence-electron chi connectivity index (χ3n) is 2.44. The molecule has 1 rings (SSSR count). The molecule has 0 aliphatic rings. The second-order valence-corrected chi connectivity index (χ2v) is 3.44. The maximum Gasteiger partial charge on any atom is 0.284 e. The largest absolute Gasteiger partial charge is 0.493 e. The van der Waals surface area contributed by atoms with E-state index in [1.807, 2.05) is 0 Å². The number of nitrogens with zero attached hydrogens (tertiary/aromatic N) is 1. The highest BCUT2D eigenvalue weighted by molar-refractivity contribution is 6.00. The molecule has 0 atom stereocenters. The van der Waals surface area contributed by atoms with Crippen LogP contribution in [0.15, 0.2) is 6.07 Å². The Hall–Kier alpha value is -2.11. The number of methoxy groups -OCH3 is 2. The monoisotopic (exact) mass is 239 g/mol. The van der Waals surface area contributed by atoms with E-state index in [9.17, 15) is 14.9 Å². The highest BCUT2D eigenvalue weighted by Crippen LogP contribution is 2.38. The van der Waals surface area contributed by atoms with E-state index in [1.54, 1.807) is 6.92 Å². The number of nitro benzene ring substituents is 1. The van der Waals surface area contributed by atoms with Crippen LogP contribution in [0.1, 0.15) is 22.8 Å². The van der Waals surface area contributed by atoms with Crippen molar-refractivity contribution in [1.29, 1.82) is 0 Å². The first-order chi connectivity index (χ1) is 7.93. The predicted molar refractivity (Wildman–Crippen MR) is 60.9 cm³/mol. The van der Waals surface area contributed by atoms with Crippen LogP contribution in [0.4, 0.5) is 5.69 Å². The normalized spacial score (nSPS) is 9.88. The van der Waals surface area contributed by atoms with E-state index in [-0.39, 0.29) is 22.8 Å². The summed E-state index contributed by atoms with van der Waals surface area (Å²) in [7, 11) is 2.80. The summed E-state index contributed by atoms with van der Waals surface area (Å²) in [6, 6.07) is 1.20. The molecule has 0 aliphatic carbocycles. The average Bonchev–Trinajstić information content (AvgIpc) is 2.26. The molecule has 1 aromatic carbocycles. The van der Waals surface area contributed by atoms with Crippen LogP contribution in [-0.4, -0.2) is 24.9 Å². The number of hydrogen-bond acceptors (Lipinski definition) is 5. The highest BCUT2D eigenvalue weighted by Gasteiger charge is 2.26. The van der Waals surface area contributed by atoms with E-state index < -0.39 is 4.92 Å². The molecule has 6 heteroatoms. The van der Waals surface area contributed by atoms with Crippen molar-refractivity contribution in [2.45, 2.75) is 13.8 Å². The van der Waals surface area contributed by atoms with Crippen LogP contribution < -0.4 is 9.47 Å². The number of carbonyl (C=O) groups is 1. The van der Waals surface area contributed by atoms with Gasteiger partial charge in [-0.25, -0.2) is 0 Å². The summed E-state index contributed by atoms with van der Waals surface area (Å²) in [5, 5.41) is 10.9. The Balaban J connectivity index is 3.67. The van der Waals surface area contributed by atoms with Crippen LogP contribution in [-0.2, 0) is 0 Å². The van der Waals surface area contributed by atoms with Crippen LogP contribution in [0, 0.1) is 17.0 Å². The standard InChI is InChI=1S/C11H13NO5/c1-6-10(7(2)13)8(12(14)15)5-9(16-3)11(6)17-4/h5H,1-4H3. The number of ketones is 1. The molecule has 1 aromatic rings. The quantitative estimate of drug-likeness (QED) is 0.457. The molecular weight excluding hydrogens is 226 g/mol. The van der Waals surface area contributed by atoms with Gasteiger partial charge >= 0.3 is 0 Å². The zero-order chi connectivity index (χ0) is 13.2. The fraction of sp³-hybridized carbons (Fsp3) is 0.364. The fourth-order valence-corrected chi connectivity index (χ4v) is 1.75. The van der Waals surface area contributed by atoms with Gasteiger partial charge in [-0.05, 0) is 13.8 Å². The third kappa shape index (κ3) is 2.20. The van der Waals surface area contributed by atoms with Crippen molar-refractivity contribution in [3.63, 3.8) is 0 Å². The zero-order valence-electron chi connectivity index (χ0n) is 10.1. The summed E-state index contributed by atoms with van der Waals surface area (Å²) < 4.78 is 10.1. The maximum atomic E-state index is 11.5. The first kappa shape index (κ1) is 13.0. The molecule has 6 nitrogen and oxygen atoms in total. The van der Waals surface area contributed by atoms with Gasteiger partial charge in [0.25, 0.3) is 5.69 Å². The van der Waals surface area contributed by atoms with E-state index in [0.29, 0.717) is 11.3 Å². The summed E-state index contributed by atoms with van der Waals surface area (Å²) in [6.07, 6.45) is 0. The number of hydrogen-bond donors (Lipinski definition) is 0. The van der Waals surface area contributed by atoms with E-state index >= 15 is 0 Å². The molecule has 92 valence electrons. The van der Waals surface area contributed by atoms with Gasteiger partial charge in [0, 0.05) is 5.56 Å². The van der Waals surface area contributed by atoms with Crippen LogP contribution >= 0.6 is 0 Å². The fourth-order valence-electron chi connectivity index (χ4n) is 1.75. The molecule has 17 heavy (non-hydrogen) atoms. The topological polar surface area (TPSA) is 78.7 Å². The smallest absolute Gasteiger partial charge is 0.284 e. The van der Waals surface area contributed by atoms with E-state index in [1.165, 1.54) is 27.2 Å². The predicted octanol–water partition coefficient (Wildman–Crippen LogP) is 2.12. The Morgan fingerprint density at radius 1 is 1.35 bits per heavy atom. The van der Waals surface area contributed by atoms with Crippen molar-refractivity contribution in [2.24, 2.45) is 0 Å². The van der Waals surface area contributed by atoms with Gasteiger partial charge in [0.05, 0.1) is 25.2 Å². The van der Waals surface area contributed by atoms with E-state index in [2.05, 4.69) is 0 Å². The van der Waals surface area contributed by atoms with Crippen molar-refractivity contribution in [1.82, 2.24) is 0 Å². The van der Waals surface area contributed by atoms with Crippen molar-refractivity contribution in [3.05, 3.63) is 27.3 Å². The Kier molecular flexibility index (Phi) is 3.67. The second-order valence-electron chi connectivity index (χ2n) is 3.44. The molecule has 0 aliphatic heterocycles. The molecule has 0 bridgehead atoms. The number of ether oxygens (including phenoxy) is 2. The van der Waals surface area contributed by atoms with Crippen LogP contribution in [0.5, 0.6) is 11.5 Å². The van der Waals surface area contributed by atoms with Gasteiger partial charge in [0.15, 0.2) is 17.3 Å². The molecule has 0 saturated heterocycles. The first-order valence-corrected chi connectivity index (χ1v) is 4.84. The van der Waals surface area contributed by atoms with Crippen molar-refractivity contribution < 1.29 is 19.2 Å². The number of carbonyl (C=O) groups excluding carboxylic acids is 1. The van der Waals surface area contributed by atoms with E-state index in [4.69, 9.17) is 9.47 Å². The Bertz CT molecular complexity index is 481. The minimum Gasteiger partial charge on any atom is -0.493 e. The van der Waals surface area contributed by atoms with Crippen molar-refractivity contribution in [3.8, 4) is 11.5 Å². The minimum atomic E-state index is -0.605. The summed E-state index contributed by atoms with van der Waals surface area (Å²) in [5.74, 6) is 0.195. The number of Topliss-reactive ketones (excluding diaryl/α,β-unsaturated/α-hetero) is 1. The number of rotatable bonds is 4. The molecule has 0 unspecified atom stereocenters. The molecule has 0 aromatic heterocycles. The summed E-state index contributed by atoms with van der Waals surface area (Å²) in [6.45, 7) is 2.87. The summed E-state index contributed by atoms with van der Waals surface area (Å²) in [4.78, 5) is 21.8. The lowest BCUT2D eigenvalue weighted by atomic mass is 10.0. The lowest BCUT2D eigenvalue weighted by molar-refractivity contribution is -0.385. The summed E-state index contributed by atoms with van der Waals surface area (Å²) in [5.41, 5.74) is 0.186. The Labute approximate surface area is 98.3 Å². The number of benzene rings is 1. The van der Waals surface area contributed by atoms with Gasteiger partial charge in [-0.3, -0.25) is 14.9 Å². The highest BCUT2D eigenvalue weighted by atomic mass is 16.6. The zero-order valence-corrected chi connectivity index (χ0v) is 10.1. The molecular formula is C11H13NO5. The summed E-state index contributed by atoms with van der Waals surface area (Å²) >= 11 is 0. The lowest BCUT2D eigenvalue weighted by Crippen LogP contribution is -2.06. The molecule has 0 amide bonds. The maximum absolute atomic E-state index is 11.5. The SMILES string of the molecule is COc1cc([N+](=O)[O-])c(C(C)=O)c(C)c1OC. The Morgan fingerprint density at radius 2 is 1.94 bits per heavy atom. The molecule has 0 N–H and O–H groups in total. The molecule has 0 radical (unpaired) electrons. The van der Waals surface area contributed by atoms with Gasteiger partial charge in [0.1, 0.15) is 5.56 Å². The first-order valence-electron chi connectivity index (χ1n) is 4.84. The average molecular weight is 239 g/mol. The molecule has 0 heterocycles. The minimum absolute atomic E-state index is 0.0488. The van der Waals surface area contributed by atoms with Crippen molar-refractivity contribution in [2.75, 3.05) is 14.2 Å². The van der Waals surface area contributed by atoms with Gasteiger partial charge in [-0.15, -0.1) is 0 Å². The molecule has 0 saturated carbocycles. The van der Waals surface area contributed by atoms with Gasteiger partial charge in [-0.1, -0.05) is 0 Å². The van der Waals surface area contributed by atoms with Crippen LogP contribution in [0.2, 0.25) is 0 Å². The van der Waals surface area contributed by atoms with Gasteiger partial charge in [-0.2, -0.15) is 0 Å². The van der Waals surface area contributed by atoms with Crippen LogP contribution in [0.3, 0.4) is 0 Å². The van der Waals surface area contributed by atoms with Gasteiger partial charge < -0.3 is 9.47 Å². The number of nitro groups is 1. The lowest BCUT2D eigenvalue weighted by Gasteiger charge is -2.13. The second kappa shape index (κ2) is 4.82. The third-order valence-corrected chi connectivity index (χ3v) is 2.44. The Morgan fingerprint density at radius 3 is 2.29 bits per heavy atom. The van der Waals surface area contributed by atoms with E-state index in [0.717, 1.165) is 0 Å². The van der Waals surface area contributed by atoms with Crippen molar-refractivity contribution >= 4 is 11.5 Å². The molecule has 0 fully saturated rings. The van der Waals surface area contributed by atoms with Crippen LogP contribution in [0.25, 0.3) is 0 Å². The molecule has 0 spiro atoms. The van der Waals surface area contributed by atoms with Gasteiger partial charge in [0.2, 0.25) is 0 Å².